The summed E-state index contributed by atoms with van der Waals surface area (Å²) in [6.45, 7) is -0.671. The smallest absolute Gasteiger partial charge is 0.387 e. The van der Waals surface area contributed by atoms with E-state index in [1.165, 1.54) is 12.3 Å². The molecule has 3 unspecified atom stereocenters. The highest BCUT2D eigenvalue weighted by atomic mass is 31.2. The van der Waals surface area contributed by atoms with Crippen molar-refractivity contribution in [1.82, 2.24) is 9.55 Å². The Morgan fingerprint density at radius 1 is 1.61 bits per heavy atom. The van der Waals surface area contributed by atoms with Crippen molar-refractivity contribution in [3.8, 4) is 0 Å². The predicted octanol–water partition coefficient (Wildman–Crippen LogP) is -1.28. The molecule has 2 fully saturated rings. The van der Waals surface area contributed by atoms with Gasteiger partial charge in [-0.3, -0.25) is 9.09 Å². The van der Waals surface area contributed by atoms with E-state index in [-0.39, 0.29) is 12.2 Å². The fourth-order valence-corrected chi connectivity index (χ4v) is 3.41. The van der Waals surface area contributed by atoms with Crippen molar-refractivity contribution in [3.63, 3.8) is 0 Å². The van der Waals surface area contributed by atoms with Gasteiger partial charge in [-0.05, 0) is 6.07 Å². The molecule has 1 saturated heterocycles. The van der Waals surface area contributed by atoms with Crippen LogP contribution in [0.2, 0.25) is 0 Å². The number of nitrogens with two attached hydrogens (primary N) is 1. The fourth-order valence-electron chi connectivity index (χ4n) is 3.06. The predicted molar refractivity (Wildman–Crippen MR) is 73.1 cm³/mol. The summed E-state index contributed by atoms with van der Waals surface area (Å²) in [7, 11) is -4.77. The van der Waals surface area contributed by atoms with E-state index in [0.717, 1.165) is 4.57 Å². The summed E-state index contributed by atoms with van der Waals surface area (Å²) >= 11 is 0. The molecule has 0 spiro atoms. The Bertz CT molecular complexity index is 724. The Hall–Kier alpha value is -1.36. The lowest BCUT2D eigenvalue weighted by Gasteiger charge is -2.58. The first-order chi connectivity index (χ1) is 10.6. The van der Waals surface area contributed by atoms with Crippen LogP contribution >= 0.6 is 7.82 Å². The largest absolute Gasteiger partial charge is 0.469 e. The van der Waals surface area contributed by atoms with Gasteiger partial charge in [0.05, 0.1) is 12.7 Å². The number of fused-ring (bicyclic) bond motifs is 2. The normalized spacial score (nSPS) is 36.5. The van der Waals surface area contributed by atoms with Crippen LogP contribution in [0.5, 0.6) is 0 Å². The number of rotatable bonds is 4. The molecule has 1 aliphatic carbocycles. The Labute approximate surface area is 128 Å². The number of phosphoric acid groups is 1. The summed E-state index contributed by atoms with van der Waals surface area (Å²) in [4.78, 5) is 32.7. The Morgan fingerprint density at radius 2 is 2.30 bits per heavy atom. The van der Waals surface area contributed by atoms with Crippen LogP contribution in [0.3, 0.4) is 0 Å². The van der Waals surface area contributed by atoms with E-state index in [2.05, 4.69) is 9.51 Å². The molecule has 2 bridgehead atoms. The van der Waals surface area contributed by atoms with Gasteiger partial charge in [0.25, 0.3) is 0 Å². The SMILES string of the molecule is Nc1ccn([C@@H]2C3CC2(F)C(O)[C@@H](COP(=O)(O)O)O3)c(=O)n1. The van der Waals surface area contributed by atoms with Crippen LogP contribution in [-0.4, -0.2) is 55.0 Å². The van der Waals surface area contributed by atoms with E-state index >= 15 is 4.39 Å². The van der Waals surface area contributed by atoms with E-state index in [1.807, 2.05) is 0 Å². The number of hydrogen-bond donors (Lipinski definition) is 4. The second-order valence-electron chi connectivity index (χ2n) is 5.56. The van der Waals surface area contributed by atoms with Crippen molar-refractivity contribution < 1.29 is 33.1 Å². The number of halogens is 1. The zero-order valence-electron chi connectivity index (χ0n) is 11.6. The van der Waals surface area contributed by atoms with E-state index in [9.17, 15) is 14.5 Å². The molecule has 3 rings (SSSR count). The number of anilines is 1. The number of nitrogens with zero attached hydrogens (tertiary/aromatic N) is 2. The third-order valence-corrected chi connectivity index (χ3v) is 4.59. The first-order valence-corrected chi connectivity index (χ1v) is 8.22. The number of aliphatic hydroxyl groups excluding tert-OH is 1. The Kier molecular flexibility index (Phi) is 3.82. The maximum Gasteiger partial charge on any atom is 0.469 e. The van der Waals surface area contributed by atoms with Gasteiger partial charge in [-0.15, -0.1) is 0 Å². The van der Waals surface area contributed by atoms with Gasteiger partial charge in [0.2, 0.25) is 0 Å². The Balaban J connectivity index is 1.81. The number of aliphatic hydroxyl groups is 1. The van der Waals surface area contributed by atoms with Crippen LogP contribution in [0.1, 0.15) is 12.5 Å². The zero-order valence-corrected chi connectivity index (χ0v) is 12.5. The van der Waals surface area contributed by atoms with Crippen LogP contribution < -0.4 is 11.4 Å². The van der Waals surface area contributed by atoms with Gasteiger partial charge in [-0.2, -0.15) is 4.98 Å². The van der Waals surface area contributed by atoms with Crippen molar-refractivity contribution >= 4 is 13.6 Å². The highest BCUT2D eigenvalue weighted by molar-refractivity contribution is 7.46. The molecule has 128 valence electrons. The average Bonchev–Trinajstić information content (AvgIpc) is 2.42. The molecule has 1 aromatic heterocycles. The van der Waals surface area contributed by atoms with Gasteiger partial charge in [-0.1, -0.05) is 0 Å². The summed E-state index contributed by atoms with van der Waals surface area (Å²) in [5.74, 6) is -0.0157. The number of phosphoric ester groups is 1. The molecular formula is C11H15FN3O7P. The van der Waals surface area contributed by atoms with Crippen molar-refractivity contribution in [2.24, 2.45) is 0 Å². The first-order valence-electron chi connectivity index (χ1n) is 6.69. The van der Waals surface area contributed by atoms with Crippen molar-refractivity contribution in [2.75, 3.05) is 12.3 Å². The molecule has 12 heteroatoms. The van der Waals surface area contributed by atoms with E-state index in [0.29, 0.717) is 0 Å². The number of alkyl halides is 1. The number of nitrogen functional groups attached to an aromatic ring is 1. The number of hydrogen-bond acceptors (Lipinski definition) is 7. The van der Waals surface area contributed by atoms with Crippen molar-refractivity contribution in [3.05, 3.63) is 22.7 Å². The van der Waals surface area contributed by atoms with Crippen LogP contribution in [0.25, 0.3) is 0 Å². The third kappa shape index (κ3) is 2.80. The van der Waals surface area contributed by atoms with E-state index in [1.54, 1.807) is 0 Å². The summed E-state index contributed by atoms with van der Waals surface area (Å²) < 4.78 is 36.4. The van der Waals surface area contributed by atoms with Crippen molar-refractivity contribution in [2.45, 2.75) is 36.4 Å². The summed E-state index contributed by atoms with van der Waals surface area (Å²) in [5, 5.41) is 10.1. The molecule has 5 N–H and O–H groups in total. The molecule has 23 heavy (non-hydrogen) atoms. The topological polar surface area (TPSA) is 157 Å². The monoisotopic (exact) mass is 351 g/mol. The van der Waals surface area contributed by atoms with Gasteiger partial charge in [-0.25, -0.2) is 13.8 Å². The first kappa shape index (κ1) is 16.5. The lowest BCUT2D eigenvalue weighted by molar-refractivity contribution is -0.294. The molecule has 5 atom stereocenters. The third-order valence-electron chi connectivity index (χ3n) is 4.11. The molecule has 1 aliphatic heterocycles. The second-order valence-corrected chi connectivity index (χ2v) is 6.80. The van der Waals surface area contributed by atoms with E-state index < -0.39 is 50.1 Å². The highest BCUT2D eigenvalue weighted by Crippen LogP contribution is 2.55. The highest BCUT2D eigenvalue weighted by Gasteiger charge is 2.67. The van der Waals surface area contributed by atoms with Crippen LogP contribution in [0, 0.1) is 0 Å². The number of aromatic nitrogens is 2. The van der Waals surface area contributed by atoms with Gasteiger partial charge in [0, 0.05) is 12.6 Å². The second kappa shape index (κ2) is 5.33. The lowest BCUT2D eigenvalue weighted by Crippen LogP contribution is -2.72. The zero-order chi connectivity index (χ0) is 17.0. The summed E-state index contributed by atoms with van der Waals surface area (Å²) in [5.41, 5.74) is 2.41. The molecule has 0 radical (unpaired) electrons. The number of ether oxygens (including phenoxy) is 1. The van der Waals surface area contributed by atoms with Crippen LogP contribution in [-0.2, 0) is 13.8 Å². The molecule has 2 heterocycles. The minimum Gasteiger partial charge on any atom is -0.387 e. The van der Waals surface area contributed by atoms with Crippen LogP contribution in [0.4, 0.5) is 10.2 Å². The van der Waals surface area contributed by atoms with Gasteiger partial charge < -0.3 is 25.4 Å². The minimum atomic E-state index is -4.77. The van der Waals surface area contributed by atoms with Gasteiger partial charge >= 0.3 is 13.5 Å². The summed E-state index contributed by atoms with van der Waals surface area (Å²) in [6, 6.07) is 0.226. The van der Waals surface area contributed by atoms with Gasteiger partial charge in [0.15, 0.2) is 5.67 Å². The molecule has 0 amide bonds. The lowest BCUT2D eigenvalue weighted by atomic mass is 9.66. The molecule has 2 aliphatic rings. The van der Waals surface area contributed by atoms with E-state index in [4.69, 9.17) is 20.3 Å². The summed E-state index contributed by atoms with van der Waals surface area (Å²) in [6.07, 6.45) is -2.61. The molecule has 1 aromatic rings. The Morgan fingerprint density at radius 3 is 2.91 bits per heavy atom. The molecule has 0 aromatic carbocycles. The maximum atomic E-state index is 15.0. The molecule has 10 nitrogen and oxygen atoms in total. The van der Waals surface area contributed by atoms with Crippen LogP contribution in [0.15, 0.2) is 17.1 Å². The molecular weight excluding hydrogens is 336 g/mol. The quantitative estimate of drug-likeness (QED) is 0.485. The maximum absolute atomic E-state index is 15.0. The standard InChI is InChI=1S/C11H15FN3O7P/c12-11-3-5(8(11)15-2-1-7(13)14-10(15)17)22-6(9(11)16)4-21-23(18,19)20/h1-2,5-6,8-9,16H,3-4H2,(H2,13,14,17)(H2,18,19,20)/t5?,6-,8-,9?,11?/m1/s1. The van der Waals surface area contributed by atoms with Crippen molar-refractivity contribution in [1.29, 1.82) is 0 Å². The average molecular weight is 351 g/mol. The fraction of sp³-hybridized carbons (Fsp3) is 0.636. The molecule has 1 saturated carbocycles. The minimum absolute atomic E-state index is 0.0157. The van der Waals surface area contributed by atoms with Gasteiger partial charge in [0.1, 0.15) is 24.1 Å².